The van der Waals surface area contributed by atoms with E-state index >= 15 is 0 Å². The zero-order valence-electron chi connectivity index (χ0n) is 26.8. The lowest BCUT2D eigenvalue weighted by Crippen LogP contribution is -2.58. The zero-order chi connectivity index (χ0) is 31.2. The first kappa shape index (κ1) is 28.2. The highest BCUT2D eigenvalue weighted by Crippen LogP contribution is 2.52. The number of anilines is 4. The van der Waals surface area contributed by atoms with Crippen molar-refractivity contribution in [2.45, 2.75) is 44.2 Å². The van der Waals surface area contributed by atoms with E-state index in [4.69, 9.17) is 0 Å². The molecule has 2 heteroatoms. The van der Waals surface area contributed by atoms with Crippen molar-refractivity contribution in [3.63, 3.8) is 0 Å². The predicted octanol–water partition coefficient (Wildman–Crippen LogP) is 11.9. The molecule has 6 aromatic carbocycles. The van der Waals surface area contributed by atoms with Gasteiger partial charge in [0.25, 0.3) is 0 Å². The third-order valence-corrected chi connectivity index (χ3v) is 11.0. The van der Waals surface area contributed by atoms with Crippen molar-refractivity contribution in [1.29, 1.82) is 0 Å². The zero-order valence-corrected chi connectivity index (χ0v) is 26.8. The maximum atomic E-state index is 2.82. The first-order valence-corrected chi connectivity index (χ1v) is 17.4. The van der Waals surface area contributed by atoms with Crippen LogP contribution < -0.4 is 9.80 Å². The Kier molecular flexibility index (Phi) is 7.15. The second-order valence-electron chi connectivity index (χ2n) is 13.9. The lowest BCUT2D eigenvalue weighted by Gasteiger charge is -2.57. The fourth-order valence-corrected chi connectivity index (χ4v) is 8.97. The van der Waals surface area contributed by atoms with E-state index in [1.807, 2.05) is 0 Å². The summed E-state index contributed by atoms with van der Waals surface area (Å²) in [5.74, 6) is 1.91. The van der Waals surface area contributed by atoms with Crippen LogP contribution in [0.3, 0.4) is 0 Å². The molecule has 4 bridgehead atoms. The topological polar surface area (TPSA) is 6.48 Å². The van der Waals surface area contributed by atoms with E-state index < -0.39 is 0 Å². The molecule has 0 amide bonds. The van der Waals surface area contributed by atoms with E-state index in [1.165, 1.54) is 71.2 Å². The largest absolute Gasteiger partial charge is 0.365 e. The van der Waals surface area contributed by atoms with Crippen molar-refractivity contribution in [2.75, 3.05) is 9.80 Å². The number of benzene rings is 6. The van der Waals surface area contributed by atoms with Gasteiger partial charge in [0.05, 0.1) is 0 Å². The Morgan fingerprint density at radius 2 is 0.745 bits per heavy atom. The molecule has 6 aromatic rings. The average Bonchev–Trinajstić information content (AvgIpc) is 3.13. The van der Waals surface area contributed by atoms with Gasteiger partial charge in [-0.05, 0) is 114 Å². The summed E-state index contributed by atoms with van der Waals surface area (Å²) in [5.41, 5.74) is 12.4. The summed E-state index contributed by atoms with van der Waals surface area (Å²) in [6, 6.07) is 59.0. The molecule has 2 aliphatic heterocycles. The first-order valence-electron chi connectivity index (χ1n) is 17.4. The molecule has 10 rings (SSSR count). The molecule has 2 saturated carbocycles. The Morgan fingerprint density at radius 3 is 1.21 bits per heavy atom. The third kappa shape index (κ3) is 5.32. The van der Waals surface area contributed by atoms with Gasteiger partial charge in [-0.2, -0.15) is 0 Å². The molecule has 2 aliphatic carbocycles. The molecule has 0 N–H and O–H groups in total. The van der Waals surface area contributed by atoms with Crippen LogP contribution in [0.2, 0.25) is 0 Å². The van der Waals surface area contributed by atoms with E-state index in [0.717, 1.165) is 28.9 Å². The van der Waals surface area contributed by atoms with Gasteiger partial charge in [0.2, 0.25) is 0 Å². The maximum absolute atomic E-state index is 2.82. The third-order valence-electron chi connectivity index (χ3n) is 11.0. The SMILES string of the molecule is c1ccc(-c2ccc(N(c3ccc(-c4ccccc4)cc3)c3ccc(-c4ccccc4N4C5CC6CC(C5)CC4C6)cc3)cc2)cc1. The number of hydrogen-bond donors (Lipinski definition) is 0. The Bertz CT molecular complexity index is 1850. The number of piperidine rings is 2. The molecule has 0 aromatic heterocycles. The fraction of sp³-hybridized carbons (Fsp3) is 0.200. The molecule has 0 unspecified atom stereocenters. The summed E-state index contributed by atoms with van der Waals surface area (Å²) < 4.78 is 0. The van der Waals surface area contributed by atoms with Crippen LogP contribution in [0.5, 0.6) is 0 Å². The molecule has 4 aliphatic rings. The van der Waals surface area contributed by atoms with E-state index in [9.17, 15) is 0 Å². The van der Waals surface area contributed by atoms with Crippen molar-refractivity contribution in [3.8, 4) is 33.4 Å². The van der Waals surface area contributed by atoms with Crippen LogP contribution in [0.25, 0.3) is 33.4 Å². The van der Waals surface area contributed by atoms with Crippen LogP contribution >= 0.6 is 0 Å². The lowest BCUT2D eigenvalue weighted by molar-refractivity contribution is 0.0901. The van der Waals surface area contributed by atoms with E-state index in [0.29, 0.717) is 12.1 Å². The van der Waals surface area contributed by atoms with Gasteiger partial charge in [-0.1, -0.05) is 115 Å². The smallest absolute Gasteiger partial charge is 0.0462 e. The van der Waals surface area contributed by atoms with Gasteiger partial charge in [0.1, 0.15) is 0 Å². The van der Waals surface area contributed by atoms with E-state index in [-0.39, 0.29) is 0 Å². The first-order chi connectivity index (χ1) is 23.3. The molecular formula is C45H40N2. The summed E-state index contributed by atoms with van der Waals surface area (Å²) in [7, 11) is 0. The lowest BCUT2D eigenvalue weighted by atomic mass is 9.63. The number of nitrogens with zero attached hydrogens (tertiary/aromatic N) is 2. The van der Waals surface area contributed by atoms with Crippen molar-refractivity contribution < 1.29 is 0 Å². The average molecular weight is 609 g/mol. The predicted molar refractivity (Wildman–Crippen MR) is 198 cm³/mol. The van der Waals surface area contributed by atoms with Crippen molar-refractivity contribution >= 4 is 22.7 Å². The monoisotopic (exact) mass is 608 g/mol. The van der Waals surface area contributed by atoms with Crippen LogP contribution in [0.15, 0.2) is 158 Å². The molecule has 2 saturated heterocycles. The second kappa shape index (κ2) is 11.9. The van der Waals surface area contributed by atoms with Crippen molar-refractivity contribution in [1.82, 2.24) is 0 Å². The summed E-state index contributed by atoms with van der Waals surface area (Å²) in [6.07, 6.45) is 6.98. The minimum Gasteiger partial charge on any atom is -0.365 e. The van der Waals surface area contributed by atoms with Gasteiger partial charge in [-0.25, -0.2) is 0 Å². The number of para-hydroxylation sites is 1. The Labute approximate surface area is 279 Å². The quantitative estimate of drug-likeness (QED) is 0.178. The Hall–Kier alpha value is -5.08. The summed E-state index contributed by atoms with van der Waals surface area (Å²) in [6.45, 7) is 0. The standard InChI is InChI=1S/C45H40N2/c1-3-9-34(10-4-1)36-15-21-39(22-16-36)46(40-23-17-37(18-24-40)35-11-5-2-6-12-35)41-25-19-38(20-26-41)44-13-7-8-14-45(44)47-42-28-32-27-33(30-42)31-43(47)29-32/h1-26,32-33,42-43H,27-31H2. The van der Waals surface area contributed by atoms with Crippen LogP contribution in [-0.2, 0) is 0 Å². The van der Waals surface area contributed by atoms with Crippen LogP contribution in [0.4, 0.5) is 22.7 Å². The normalized spacial score (nSPS) is 21.1. The van der Waals surface area contributed by atoms with Crippen LogP contribution in [-0.4, -0.2) is 12.1 Å². The highest BCUT2D eigenvalue weighted by Gasteiger charge is 2.47. The van der Waals surface area contributed by atoms with Gasteiger partial charge in [-0.3, -0.25) is 0 Å². The van der Waals surface area contributed by atoms with Gasteiger partial charge >= 0.3 is 0 Å². The molecule has 0 atom stereocenters. The van der Waals surface area contributed by atoms with E-state index in [1.54, 1.807) is 0 Å². The van der Waals surface area contributed by atoms with Gasteiger partial charge in [-0.15, -0.1) is 0 Å². The molecule has 230 valence electrons. The number of rotatable bonds is 7. The second-order valence-corrected chi connectivity index (χ2v) is 13.9. The highest BCUT2D eigenvalue weighted by molar-refractivity contribution is 5.84. The molecule has 2 heterocycles. The summed E-state index contributed by atoms with van der Waals surface area (Å²) in [5, 5.41) is 0. The van der Waals surface area contributed by atoms with Gasteiger partial charge in [0, 0.05) is 40.4 Å². The minimum absolute atomic E-state index is 0.708. The molecule has 4 fully saturated rings. The van der Waals surface area contributed by atoms with E-state index in [2.05, 4.69) is 168 Å². The molecular weight excluding hydrogens is 569 g/mol. The molecule has 47 heavy (non-hydrogen) atoms. The number of hydrogen-bond acceptors (Lipinski definition) is 2. The van der Waals surface area contributed by atoms with Crippen molar-refractivity contribution in [3.05, 3.63) is 158 Å². The fourth-order valence-electron chi connectivity index (χ4n) is 8.97. The highest BCUT2D eigenvalue weighted by atomic mass is 15.2. The minimum atomic E-state index is 0.708. The van der Waals surface area contributed by atoms with Crippen molar-refractivity contribution in [2.24, 2.45) is 11.8 Å². The Balaban J connectivity index is 1.07. The van der Waals surface area contributed by atoms with Crippen LogP contribution in [0, 0.1) is 11.8 Å². The maximum Gasteiger partial charge on any atom is 0.0462 e. The summed E-state index contributed by atoms with van der Waals surface area (Å²) >= 11 is 0. The van der Waals surface area contributed by atoms with Gasteiger partial charge < -0.3 is 9.80 Å². The van der Waals surface area contributed by atoms with Gasteiger partial charge in [0.15, 0.2) is 0 Å². The molecule has 2 nitrogen and oxygen atoms in total. The molecule has 0 radical (unpaired) electrons. The van der Waals surface area contributed by atoms with Crippen LogP contribution in [0.1, 0.15) is 32.1 Å². The molecule has 0 spiro atoms. The summed E-state index contributed by atoms with van der Waals surface area (Å²) in [4.78, 5) is 5.20. The Morgan fingerprint density at radius 1 is 0.362 bits per heavy atom.